The quantitative estimate of drug-likeness (QED) is 0.692. The maximum Gasteiger partial charge on any atom is 0.197 e. The Morgan fingerprint density at radius 2 is 2.11 bits per heavy atom. The summed E-state index contributed by atoms with van der Waals surface area (Å²) in [7, 11) is 2.04. The summed E-state index contributed by atoms with van der Waals surface area (Å²) in [6, 6.07) is 10.1. The molecule has 0 bridgehead atoms. The molecule has 0 saturated carbocycles. The molecule has 7 nitrogen and oxygen atoms in total. The summed E-state index contributed by atoms with van der Waals surface area (Å²) < 4.78 is 0. The standard InChI is InChI=1S/C20H23N7S/c1-14-15(6-4-9-21-14)12-27(2)18-8-3-7-16(24-18)17-13-28-20(25-17)26-19-22-10-5-11-23-19/h3-4,6-9,13H,5,10-12H2,1-2H3,(H2,22,23,25,26). The summed E-state index contributed by atoms with van der Waals surface area (Å²) in [4.78, 5) is 20.4. The molecule has 4 heterocycles. The van der Waals surface area contributed by atoms with Crippen LogP contribution in [0.15, 0.2) is 46.9 Å². The van der Waals surface area contributed by atoms with Gasteiger partial charge < -0.3 is 15.5 Å². The van der Waals surface area contributed by atoms with Gasteiger partial charge in [0.25, 0.3) is 0 Å². The molecule has 0 unspecified atom stereocenters. The molecule has 144 valence electrons. The molecule has 0 radical (unpaired) electrons. The minimum Gasteiger partial charge on any atom is -0.356 e. The maximum absolute atomic E-state index is 4.80. The molecule has 8 heteroatoms. The zero-order valence-corrected chi connectivity index (χ0v) is 16.8. The van der Waals surface area contributed by atoms with Crippen molar-refractivity contribution in [3.63, 3.8) is 0 Å². The fraction of sp³-hybridized carbons (Fsp3) is 0.300. The van der Waals surface area contributed by atoms with Crippen LogP contribution >= 0.6 is 11.3 Å². The van der Waals surface area contributed by atoms with Crippen LogP contribution in [0.4, 0.5) is 10.9 Å². The number of thiazole rings is 1. The highest BCUT2D eigenvalue weighted by atomic mass is 32.1. The predicted octanol–water partition coefficient (Wildman–Crippen LogP) is 3.31. The SMILES string of the molecule is Cc1ncccc1CN(C)c1cccc(-c2csc(NC3=NCCCN3)n2)n1. The van der Waals surface area contributed by atoms with E-state index in [0.717, 1.165) is 60.0 Å². The lowest BCUT2D eigenvalue weighted by Gasteiger charge is -2.19. The summed E-state index contributed by atoms with van der Waals surface area (Å²) in [5.41, 5.74) is 3.95. The normalized spacial score (nSPS) is 13.6. The molecule has 0 aliphatic carbocycles. The Morgan fingerprint density at radius 1 is 1.18 bits per heavy atom. The van der Waals surface area contributed by atoms with Crippen LogP contribution in [0.3, 0.4) is 0 Å². The van der Waals surface area contributed by atoms with E-state index < -0.39 is 0 Å². The average Bonchev–Trinajstić information content (AvgIpc) is 3.19. The number of guanidine groups is 1. The van der Waals surface area contributed by atoms with Gasteiger partial charge in [-0.25, -0.2) is 9.97 Å². The van der Waals surface area contributed by atoms with E-state index in [1.54, 1.807) is 11.3 Å². The van der Waals surface area contributed by atoms with Crippen molar-refractivity contribution in [1.29, 1.82) is 0 Å². The average molecular weight is 394 g/mol. The molecule has 4 rings (SSSR count). The van der Waals surface area contributed by atoms with E-state index in [2.05, 4.69) is 36.6 Å². The van der Waals surface area contributed by atoms with Gasteiger partial charge in [0.1, 0.15) is 11.5 Å². The van der Waals surface area contributed by atoms with Gasteiger partial charge in [-0.15, -0.1) is 11.3 Å². The van der Waals surface area contributed by atoms with Gasteiger partial charge >= 0.3 is 0 Å². The molecule has 0 aromatic carbocycles. The Kier molecular flexibility index (Phi) is 5.48. The first kappa shape index (κ1) is 18.4. The lowest BCUT2D eigenvalue weighted by atomic mass is 10.2. The molecular formula is C20H23N7S. The zero-order chi connectivity index (χ0) is 19.3. The molecule has 0 fully saturated rings. The Balaban J connectivity index is 1.49. The number of aromatic nitrogens is 3. The van der Waals surface area contributed by atoms with Crippen LogP contribution in [-0.4, -0.2) is 41.0 Å². The summed E-state index contributed by atoms with van der Waals surface area (Å²) in [6.07, 6.45) is 2.89. The monoisotopic (exact) mass is 393 g/mol. The molecule has 3 aromatic heterocycles. The highest BCUT2D eigenvalue weighted by Gasteiger charge is 2.12. The molecule has 0 amide bonds. The molecule has 1 aliphatic heterocycles. The van der Waals surface area contributed by atoms with Gasteiger partial charge in [0.2, 0.25) is 0 Å². The second kappa shape index (κ2) is 8.35. The predicted molar refractivity (Wildman–Crippen MR) is 115 cm³/mol. The number of anilines is 2. The van der Waals surface area contributed by atoms with E-state index in [1.165, 1.54) is 5.56 Å². The first-order valence-corrected chi connectivity index (χ1v) is 10.2. The van der Waals surface area contributed by atoms with Crippen LogP contribution in [0.25, 0.3) is 11.4 Å². The summed E-state index contributed by atoms with van der Waals surface area (Å²) >= 11 is 1.55. The van der Waals surface area contributed by atoms with E-state index in [-0.39, 0.29) is 0 Å². The summed E-state index contributed by atoms with van der Waals surface area (Å²) in [6.45, 7) is 4.57. The van der Waals surface area contributed by atoms with E-state index in [9.17, 15) is 0 Å². The van der Waals surface area contributed by atoms with Gasteiger partial charge in [-0.1, -0.05) is 12.1 Å². The fourth-order valence-electron chi connectivity index (χ4n) is 2.97. The molecule has 3 aromatic rings. The van der Waals surface area contributed by atoms with E-state index >= 15 is 0 Å². The third-order valence-electron chi connectivity index (χ3n) is 4.54. The van der Waals surface area contributed by atoms with Crippen molar-refractivity contribution in [3.8, 4) is 11.4 Å². The smallest absolute Gasteiger partial charge is 0.197 e. The number of nitrogens with zero attached hydrogens (tertiary/aromatic N) is 5. The van der Waals surface area contributed by atoms with Crippen LogP contribution in [0.1, 0.15) is 17.7 Å². The van der Waals surface area contributed by atoms with Crippen molar-refractivity contribution in [1.82, 2.24) is 20.3 Å². The van der Waals surface area contributed by atoms with Gasteiger partial charge in [0, 0.05) is 44.0 Å². The van der Waals surface area contributed by atoms with Crippen molar-refractivity contribution >= 4 is 28.2 Å². The second-order valence-electron chi connectivity index (χ2n) is 6.66. The van der Waals surface area contributed by atoms with Crippen LogP contribution in [0, 0.1) is 6.92 Å². The second-order valence-corrected chi connectivity index (χ2v) is 7.52. The van der Waals surface area contributed by atoms with Gasteiger partial charge in [0.15, 0.2) is 11.1 Å². The number of pyridine rings is 2. The van der Waals surface area contributed by atoms with Crippen LogP contribution in [0.2, 0.25) is 0 Å². The van der Waals surface area contributed by atoms with Crippen molar-refractivity contribution < 1.29 is 0 Å². The van der Waals surface area contributed by atoms with Gasteiger partial charge in [-0.2, -0.15) is 0 Å². The minimum absolute atomic E-state index is 0.755. The largest absolute Gasteiger partial charge is 0.356 e. The molecular weight excluding hydrogens is 370 g/mol. The highest BCUT2D eigenvalue weighted by Crippen LogP contribution is 2.25. The zero-order valence-electron chi connectivity index (χ0n) is 16.0. The van der Waals surface area contributed by atoms with Crippen molar-refractivity contribution in [3.05, 3.63) is 53.2 Å². The van der Waals surface area contributed by atoms with Crippen LogP contribution < -0.4 is 15.5 Å². The van der Waals surface area contributed by atoms with Gasteiger partial charge in [-0.05, 0) is 37.1 Å². The first-order chi connectivity index (χ1) is 13.7. The summed E-state index contributed by atoms with van der Waals surface area (Å²) in [5.74, 6) is 1.70. The number of aliphatic imine (C=N–C) groups is 1. The van der Waals surface area contributed by atoms with Crippen molar-refractivity contribution in [2.24, 2.45) is 4.99 Å². The third-order valence-corrected chi connectivity index (χ3v) is 5.30. The molecule has 1 aliphatic rings. The van der Waals surface area contributed by atoms with E-state index in [1.807, 2.05) is 49.8 Å². The summed E-state index contributed by atoms with van der Waals surface area (Å²) in [5, 5.41) is 9.33. The Labute approximate surface area is 168 Å². The minimum atomic E-state index is 0.755. The van der Waals surface area contributed by atoms with E-state index in [4.69, 9.17) is 4.98 Å². The molecule has 0 saturated heterocycles. The number of nitrogens with one attached hydrogen (secondary N) is 2. The topological polar surface area (TPSA) is 78.3 Å². The van der Waals surface area contributed by atoms with Gasteiger partial charge in [0.05, 0.1) is 5.69 Å². The number of hydrogen-bond donors (Lipinski definition) is 2. The third kappa shape index (κ3) is 4.28. The maximum atomic E-state index is 4.80. The first-order valence-electron chi connectivity index (χ1n) is 9.29. The molecule has 2 N–H and O–H groups in total. The van der Waals surface area contributed by atoms with Gasteiger partial charge in [-0.3, -0.25) is 9.98 Å². The fourth-order valence-corrected chi connectivity index (χ4v) is 3.67. The molecule has 28 heavy (non-hydrogen) atoms. The Morgan fingerprint density at radius 3 is 2.93 bits per heavy atom. The van der Waals surface area contributed by atoms with Crippen molar-refractivity contribution in [2.45, 2.75) is 19.9 Å². The molecule has 0 atom stereocenters. The van der Waals surface area contributed by atoms with Crippen molar-refractivity contribution in [2.75, 3.05) is 30.4 Å². The van der Waals surface area contributed by atoms with Crippen LogP contribution in [0.5, 0.6) is 0 Å². The number of hydrogen-bond acceptors (Lipinski definition) is 8. The Hall–Kier alpha value is -3.00. The number of rotatable bonds is 5. The molecule has 0 spiro atoms. The lowest BCUT2D eigenvalue weighted by Crippen LogP contribution is -2.35. The van der Waals surface area contributed by atoms with E-state index in [0.29, 0.717) is 0 Å². The van der Waals surface area contributed by atoms with Crippen LogP contribution in [-0.2, 0) is 6.54 Å². The lowest BCUT2D eigenvalue weighted by molar-refractivity contribution is 0.740. The highest BCUT2D eigenvalue weighted by molar-refractivity contribution is 7.14. The Bertz CT molecular complexity index is 982. The number of aryl methyl sites for hydroxylation is 1.